The summed E-state index contributed by atoms with van der Waals surface area (Å²) in [5, 5.41) is 4.36. The lowest BCUT2D eigenvalue weighted by atomic mass is 9.89. The van der Waals surface area contributed by atoms with Crippen LogP contribution < -0.4 is 4.74 Å². The van der Waals surface area contributed by atoms with Crippen molar-refractivity contribution in [1.29, 1.82) is 0 Å². The van der Waals surface area contributed by atoms with Gasteiger partial charge in [-0.15, -0.1) is 0 Å². The normalized spacial score (nSPS) is 16.8. The third kappa shape index (κ3) is 3.33. The Morgan fingerprint density at radius 1 is 1.14 bits per heavy atom. The maximum Gasteiger partial charge on any atom is 0.122 e. The van der Waals surface area contributed by atoms with Crippen molar-refractivity contribution >= 4 is 0 Å². The molecule has 0 amide bonds. The van der Waals surface area contributed by atoms with E-state index >= 15 is 0 Å². The first-order valence-electron chi connectivity index (χ1n) is 8.11. The molecule has 4 nitrogen and oxygen atoms in total. The van der Waals surface area contributed by atoms with Crippen LogP contribution in [-0.2, 0) is 6.54 Å². The van der Waals surface area contributed by atoms with Gasteiger partial charge in [0.05, 0.1) is 13.7 Å². The second-order valence-corrected chi connectivity index (χ2v) is 6.05. The number of ether oxygens (including phenoxy) is 1. The molecule has 3 rings (SSSR count). The van der Waals surface area contributed by atoms with E-state index in [2.05, 4.69) is 45.9 Å². The lowest BCUT2D eigenvalue weighted by molar-refractivity contribution is 0.201. The average Bonchev–Trinajstić information content (AvgIpc) is 2.98. The van der Waals surface area contributed by atoms with E-state index in [9.17, 15) is 0 Å². The minimum absolute atomic E-state index is 0.624. The summed E-state index contributed by atoms with van der Waals surface area (Å²) in [4.78, 5) is 2.55. The van der Waals surface area contributed by atoms with Crippen molar-refractivity contribution in [3.05, 3.63) is 47.8 Å². The zero-order chi connectivity index (χ0) is 15.4. The first-order chi connectivity index (χ1) is 10.8. The summed E-state index contributed by atoms with van der Waals surface area (Å²) >= 11 is 0. The first-order valence-corrected chi connectivity index (χ1v) is 8.11. The number of benzene rings is 1. The number of para-hydroxylation sites is 1. The van der Waals surface area contributed by atoms with Crippen LogP contribution in [0.5, 0.6) is 5.75 Å². The van der Waals surface area contributed by atoms with Crippen LogP contribution in [-0.4, -0.2) is 41.4 Å². The standard InChI is InChI=1S/C18H25N3O/c1-15-7-10-19-21(15)14-13-20-11-8-16(9-12-20)17-5-3-4-6-18(17)22-2/h3-7,10,16H,8-9,11-14H2,1-2H3. The van der Waals surface area contributed by atoms with Gasteiger partial charge < -0.3 is 9.64 Å². The summed E-state index contributed by atoms with van der Waals surface area (Å²) in [5.41, 5.74) is 2.61. The molecule has 1 aromatic heterocycles. The molecule has 22 heavy (non-hydrogen) atoms. The maximum absolute atomic E-state index is 5.51. The predicted molar refractivity (Wildman–Crippen MR) is 88.4 cm³/mol. The Kier molecular flexibility index (Phi) is 4.78. The zero-order valence-electron chi connectivity index (χ0n) is 13.5. The Morgan fingerprint density at radius 2 is 1.91 bits per heavy atom. The molecule has 118 valence electrons. The molecule has 1 aliphatic rings. The van der Waals surface area contributed by atoms with Crippen LogP contribution in [0.25, 0.3) is 0 Å². The molecule has 0 bridgehead atoms. The van der Waals surface area contributed by atoms with E-state index in [1.807, 2.05) is 12.3 Å². The first kappa shape index (κ1) is 15.1. The van der Waals surface area contributed by atoms with Crippen LogP contribution in [0.1, 0.15) is 30.0 Å². The lowest BCUT2D eigenvalue weighted by Crippen LogP contribution is -2.35. The Hall–Kier alpha value is -1.81. The topological polar surface area (TPSA) is 30.3 Å². The van der Waals surface area contributed by atoms with Gasteiger partial charge in [-0.25, -0.2) is 0 Å². The molecule has 2 heterocycles. The fraction of sp³-hybridized carbons (Fsp3) is 0.500. The molecule has 0 unspecified atom stereocenters. The molecule has 2 aromatic rings. The summed E-state index contributed by atoms with van der Waals surface area (Å²) in [6, 6.07) is 10.5. The molecular formula is C18H25N3O. The third-order valence-electron chi connectivity index (χ3n) is 4.72. The van der Waals surface area contributed by atoms with Gasteiger partial charge in [0.2, 0.25) is 0 Å². The average molecular weight is 299 g/mol. The van der Waals surface area contributed by atoms with Gasteiger partial charge in [0.15, 0.2) is 0 Å². The molecule has 4 heteroatoms. The number of rotatable bonds is 5. The van der Waals surface area contributed by atoms with E-state index in [-0.39, 0.29) is 0 Å². The third-order valence-corrected chi connectivity index (χ3v) is 4.72. The fourth-order valence-electron chi connectivity index (χ4n) is 3.34. The molecule has 1 aromatic carbocycles. The fourth-order valence-corrected chi connectivity index (χ4v) is 3.34. The van der Waals surface area contributed by atoms with Crippen molar-refractivity contribution < 1.29 is 4.74 Å². The van der Waals surface area contributed by atoms with E-state index in [0.29, 0.717) is 5.92 Å². The number of methoxy groups -OCH3 is 1. The molecule has 0 radical (unpaired) electrons. The monoisotopic (exact) mass is 299 g/mol. The maximum atomic E-state index is 5.51. The summed E-state index contributed by atoms with van der Waals surface area (Å²) in [6.45, 7) is 6.49. The van der Waals surface area contributed by atoms with Crippen LogP contribution in [0.4, 0.5) is 0 Å². The number of hydrogen-bond donors (Lipinski definition) is 0. The SMILES string of the molecule is COc1ccccc1C1CCN(CCn2nccc2C)CC1. The predicted octanol–water partition coefficient (Wildman–Crippen LogP) is 3.08. The van der Waals surface area contributed by atoms with Gasteiger partial charge in [0, 0.05) is 18.4 Å². The number of aromatic nitrogens is 2. The number of piperidine rings is 1. The highest BCUT2D eigenvalue weighted by molar-refractivity contribution is 5.36. The van der Waals surface area contributed by atoms with Gasteiger partial charge in [-0.05, 0) is 56.5 Å². The Balaban J connectivity index is 1.53. The number of nitrogens with zero attached hydrogens (tertiary/aromatic N) is 3. The molecule has 0 N–H and O–H groups in total. The van der Waals surface area contributed by atoms with Gasteiger partial charge in [0.25, 0.3) is 0 Å². The molecule has 0 atom stereocenters. The minimum atomic E-state index is 0.624. The lowest BCUT2D eigenvalue weighted by Gasteiger charge is -2.32. The van der Waals surface area contributed by atoms with Crippen LogP contribution in [0.15, 0.2) is 36.5 Å². The van der Waals surface area contributed by atoms with Crippen molar-refractivity contribution in [2.24, 2.45) is 0 Å². The highest BCUT2D eigenvalue weighted by atomic mass is 16.5. The number of likely N-dealkylation sites (tertiary alicyclic amines) is 1. The molecule has 0 saturated carbocycles. The van der Waals surface area contributed by atoms with Crippen LogP contribution in [0.2, 0.25) is 0 Å². The van der Waals surface area contributed by atoms with Crippen molar-refractivity contribution in [3.8, 4) is 5.75 Å². The van der Waals surface area contributed by atoms with Crippen molar-refractivity contribution in [1.82, 2.24) is 14.7 Å². The van der Waals surface area contributed by atoms with Crippen molar-refractivity contribution in [2.45, 2.75) is 32.2 Å². The van der Waals surface area contributed by atoms with E-state index in [4.69, 9.17) is 4.74 Å². The second-order valence-electron chi connectivity index (χ2n) is 6.05. The van der Waals surface area contributed by atoms with Gasteiger partial charge in [-0.3, -0.25) is 4.68 Å². The van der Waals surface area contributed by atoms with Gasteiger partial charge in [0.1, 0.15) is 5.75 Å². The van der Waals surface area contributed by atoms with E-state index < -0.39 is 0 Å². The Bertz CT molecular complexity index is 600. The van der Waals surface area contributed by atoms with Gasteiger partial charge >= 0.3 is 0 Å². The molecule has 0 aliphatic carbocycles. The minimum Gasteiger partial charge on any atom is -0.496 e. The quantitative estimate of drug-likeness (QED) is 0.850. The van der Waals surface area contributed by atoms with Crippen LogP contribution in [0, 0.1) is 6.92 Å². The van der Waals surface area contributed by atoms with Crippen LogP contribution in [0.3, 0.4) is 0 Å². The van der Waals surface area contributed by atoms with Gasteiger partial charge in [-0.2, -0.15) is 5.10 Å². The smallest absolute Gasteiger partial charge is 0.122 e. The van der Waals surface area contributed by atoms with Crippen LogP contribution >= 0.6 is 0 Å². The molecular weight excluding hydrogens is 274 g/mol. The second kappa shape index (κ2) is 6.97. The highest BCUT2D eigenvalue weighted by Gasteiger charge is 2.22. The van der Waals surface area contributed by atoms with E-state index in [1.165, 1.54) is 24.1 Å². The largest absolute Gasteiger partial charge is 0.496 e. The molecule has 0 spiro atoms. The number of hydrogen-bond acceptors (Lipinski definition) is 3. The zero-order valence-corrected chi connectivity index (χ0v) is 13.5. The molecule has 1 saturated heterocycles. The summed E-state index contributed by atoms with van der Waals surface area (Å²) < 4.78 is 7.60. The molecule has 1 fully saturated rings. The van der Waals surface area contributed by atoms with Crippen molar-refractivity contribution in [2.75, 3.05) is 26.7 Å². The van der Waals surface area contributed by atoms with E-state index in [1.54, 1.807) is 7.11 Å². The highest BCUT2D eigenvalue weighted by Crippen LogP contribution is 2.33. The van der Waals surface area contributed by atoms with Gasteiger partial charge in [-0.1, -0.05) is 18.2 Å². The summed E-state index contributed by atoms with van der Waals surface area (Å²) in [7, 11) is 1.76. The van der Waals surface area contributed by atoms with Crippen molar-refractivity contribution in [3.63, 3.8) is 0 Å². The summed E-state index contributed by atoms with van der Waals surface area (Å²) in [6.07, 6.45) is 4.29. The summed E-state index contributed by atoms with van der Waals surface area (Å²) in [5.74, 6) is 1.66. The molecule has 1 aliphatic heterocycles. The Morgan fingerprint density at radius 3 is 2.59 bits per heavy atom. The van der Waals surface area contributed by atoms with E-state index in [0.717, 1.165) is 31.9 Å². The number of aryl methyl sites for hydroxylation is 1. The Labute approximate surface area is 132 Å².